The van der Waals surface area contributed by atoms with Crippen molar-refractivity contribution in [3.63, 3.8) is 0 Å². The zero-order valence-corrected chi connectivity index (χ0v) is 17.5. The summed E-state index contributed by atoms with van der Waals surface area (Å²) in [7, 11) is 2.72. The lowest BCUT2D eigenvalue weighted by molar-refractivity contribution is -0.123. The van der Waals surface area contributed by atoms with E-state index in [0.717, 1.165) is 23.7 Å². The number of Topliss-reactive ketones (excluding diaryl/α,β-unsaturated/α-hetero) is 1. The van der Waals surface area contributed by atoms with Crippen LogP contribution in [0.15, 0.2) is 48.6 Å². The number of fused-ring (bicyclic) bond motifs is 1. The van der Waals surface area contributed by atoms with Crippen LogP contribution < -0.4 is 5.30 Å². The fourth-order valence-corrected chi connectivity index (χ4v) is 4.47. The molecule has 0 bridgehead atoms. The Morgan fingerprint density at radius 2 is 1.92 bits per heavy atom. The molecule has 0 N–H and O–H groups in total. The van der Waals surface area contributed by atoms with Gasteiger partial charge in [-0.3, -0.25) is 4.79 Å². The number of hydrogen-bond acceptors (Lipinski definition) is 1. The van der Waals surface area contributed by atoms with Crippen LogP contribution in [0.1, 0.15) is 29.2 Å². The van der Waals surface area contributed by atoms with Crippen LogP contribution >= 0.6 is 31.8 Å². The molecule has 0 aliphatic heterocycles. The zero-order valence-electron chi connectivity index (χ0n) is 14.2. The van der Waals surface area contributed by atoms with E-state index in [1.807, 2.05) is 0 Å². The van der Waals surface area contributed by atoms with Gasteiger partial charge in [0.2, 0.25) is 0 Å². The predicted octanol–water partition coefficient (Wildman–Crippen LogP) is 4.57. The van der Waals surface area contributed by atoms with Gasteiger partial charge >= 0.3 is 0 Å². The van der Waals surface area contributed by atoms with E-state index in [4.69, 9.17) is 0 Å². The maximum Gasteiger partial charge on any atom is 0.165 e. The van der Waals surface area contributed by atoms with Crippen LogP contribution in [-0.2, 0) is 24.1 Å². The molecule has 124 valence electrons. The van der Waals surface area contributed by atoms with Crippen molar-refractivity contribution in [2.45, 2.75) is 33.1 Å². The second-order valence-corrected chi connectivity index (χ2v) is 9.03. The van der Waals surface area contributed by atoms with Crippen molar-refractivity contribution >= 4 is 42.9 Å². The third kappa shape index (κ3) is 3.50. The molecule has 0 aromatic heterocycles. The first-order valence-electron chi connectivity index (χ1n) is 8.13. The third-order valence-corrected chi connectivity index (χ3v) is 6.01. The summed E-state index contributed by atoms with van der Waals surface area (Å²) in [6.07, 6.45) is 2.27. The Balaban J connectivity index is 1.79. The molecule has 3 rings (SSSR count). The molecule has 0 radical (unpaired) electrons. The molecule has 0 amide bonds. The molecule has 2 atom stereocenters. The number of benzene rings is 2. The number of ketones is 1. The largest absolute Gasteiger partial charge is 0.294 e. The molecular weight excluding hydrogens is 426 g/mol. The third-order valence-electron chi connectivity index (χ3n) is 4.98. The van der Waals surface area contributed by atoms with Gasteiger partial charge in [0.1, 0.15) is 0 Å². The fraction of sp³-hybridized carbons (Fsp3) is 0.286. The smallest absolute Gasteiger partial charge is 0.165 e. The lowest BCUT2D eigenvalue weighted by Gasteiger charge is -2.23. The summed E-state index contributed by atoms with van der Waals surface area (Å²) in [5, 5.41) is 1.14. The molecule has 0 saturated heterocycles. The van der Waals surface area contributed by atoms with Gasteiger partial charge in [-0.2, -0.15) is 0 Å². The van der Waals surface area contributed by atoms with Gasteiger partial charge in [-0.05, 0) is 87.6 Å². The highest BCUT2D eigenvalue weighted by molar-refractivity contribution is 14.1. The van der Waals surface area contributed by atoms with Crippen molar-refractivity contribution < 1.29 is 4.79 Å². The summed E-state index contributed by atoms with van der Waals surface area (Å²) in [4.78, 5) is 13.1. The first-order valence-corrected chi connectivity index (χ1v) is 9.79. The number of carbonyl (C=O) groups excluding carboxylic acids is 1. The number of allylic oxidation sites excluding steroid dienone is 1. The summed E-state index contributed by atoms with van der Waals surface area (Å²) in [6.45, 7) is 8.31. The van der Waals surface area contributed by atoms with Gasteiger partial charge in [-0.1, -0.05) is 37.8 Å². The molecule has 0 heterocycles. The Bertz CT molecular complexity index is 840. The van der Waals surface area contributed by atoms with Crippen molar-refractivity contribution in [3.8, 4) is 0 Å². The molecule has 2 aromatic carbocycles. The van der Waals surface area contributed by atoms with Gasteiger partial charge in [0.25, 0.3) is 0 Å². The molecule has 1 aliphatic carbocycles. The first kappa shape index (κ1) is 17.8. The average molecular weight is 448 g/mol. The second kappa shape index (κ2) is 6.72. The second-order valence-electron chi connectivity index (χ2n) is 7.12. The van der Waals surface area contributed by atoms with E-state index in [1.165, 1.54) is 25.8 Å². The Kier molecular flexibility index (Phi) is 4.99. The molecule has 24 heavy (non-hydrogen) atoms. The van der Waals surface area contributed by atoms with E-state index in [-0.39, 0.29) is 11.2 Å². The van der Waals surface area contributed by atoms with Crippen molar-refractivity contribution in [1.29, 1.82) is 0 Å². The SMILES string of the molecule is C=C(Cc1cc(P)ccc1C)C(=O)C1(C)Cc2ccc(I)cc2C1. The lowest BCUT2D eigenvalue weighted by Crippen LogP contribution is -2.30. The normalized spacial score (nSPS) is 19.2. The molecule has 3 heteroatoms. The van der Waals surface area contributed by atoms with E-state index in [1.54, 1.807) is 0 Å². The number of rotatable bonds is 4. The maximum atomic E-state index is 13.1. The molecule has 2 unspecified atom stereocenters. The molecule has 0 fully saturated rings. The van der Waals surface area contributed by atoms with Crippen molar-refractivity contribution in [1.82, 2.24) is 0 Å². The fourth-order valence-electron chi connectivity index (χ4n) is 3.61. The van der Waals surface area contributed by atoms with E-state index in [9.17, 15) is 4.79 Å². The minimum Gasteiger partial charge on any atom is -0.294 e. The Morgan fingerprint density at radius 3 is 2.67 bits per heavy atom. The molecule has 1 nitrogen and oxygen atoms in total. The van der Waals surface area contributed by atoms with Crippen LogP contribution in [0.3, 0.4) is 0 Å². The highest BCUT2D eigenvalue weighted by Gasteiger charge is 2.40. The van der Waals surface area contributed by atoms with Crippen LogP contribution in [-0.4, -0.2) is 5.78 Å². The van der Waals surface area contributed by atoms with Gasteiger partial charge in [-0.25, -0.2) is 0 Å². The van der Waals surface area contributed by atoms with Crippen molar-refractivity contribution in [2.24, 2.45) is 5.41 Å². The Hall–Kier alpha value is -0.990. The highest BCUT2D eigenvalue weighted by atomic mass is 127. The van der Waals surface area contributed by atoms with E-state index < -0.39 is 0 Å². The summed E-state index contributed by atoms with van der Waals surface area (Å²) < 4.78 is 1.23. The number of halogens is 1. The summed E-state index contributed by atoms with van der Waals surface area (Å²) in [6, 6.07) is 12.8. The molecule has 0 saturated carbocycles. The van der Waals surface area contributed by atoms with Crippen LogP contribution in [0, 0.1) is 15.9 Å². The monoisotopic (exact) mass is 448 g/mol. The number of carbonyl (C=O) groups is 1. The molecule has 2 aromatic rings. The van der Waals surface area contributed by atoms with Crippen molar-refractivity contribution in [3.05, 3.63) is 74.4 Å². The van der Waals surface area contributed by atoms with Crippen LogP contribution in [0.4, 0.5) is 0 Å². The van der Waals surface area contributed by atoms with Gasteiger partial charge in [0, 0.05) is 15.4 Å². The first-order chi connectivity index (χ1) is 11.3. The average Bonchev–Trinajstić information content (AvgIpc) is 2.86. The highest BCUT2D eigenvalue weighted by Crippen LogP contribution is 2.39. The molecule has 1 aliphatic rings. The summed E-state index contributed by atoms with van der Waals surface area (Å²) >= 11 is 2.33. The standard InChI is InChI=1S/C21H22IOP/c1-13-4-7-19(24)10-16(13)8-14(2)20(23)21(3)11-15-5-6-18(22)9-17(15)12-21/h4-7,9-10H,2,8,11-12,24H2,1,3H3. The number of hydrogen-bond donors (Lipinski definition) is 0. The Labute approximate surface area is 160 Å². The van der Waals surface area contributed by atoms with E-state index >= 15 is 0 Å². The van der Waals surface area contributed by atoms with Gasteiger partial charge < -0.3 is 0 Å². The van der Waals surface area contributed by atoms with Crippen LogP contribution in [0.5, 0.6) is 0 Å². The number of aryl methyl sites for hydroxylation is 1. The summed E-state index contributed by atoms with van der Waals surface area (Å²) in [5.74, 6) is 0.210. The predicted molar refractivity (Wildman–Crippen MR) is 113 cm³/mol. The van der Waals surface area contributed by atoms with E-state index in [2.05, 4.69) is 88.7 Å². The van der Waals surface area contributed by atoms with Crippen LogP contribution in [0.25, 0.3) is 0 Å². The lowest BCUT2D eigenvalue weighted by atomic mass is 9.78. The minimum absolute atomic E-state index is 0.210. The van der Waals surface area contributed by atoms with Gasteiger partial charge in [0.15, 0.2) is 5.78 Å². The summed E-state index contributed by atoms with van der Waals surface area (Å²) in [5.41, 5.74) is 5.39. The van der Waals surface area contributed by atoms with E-state index in [0.29, 0.717) is 6.42 Å². The molecule has 0 spiro atoms. The van der Waals surface area contributed by atoms with Crippen LogP contribution in [0.2, 0.25) is 0 Å². The van der Waals surface area contributed by atoms with Crippen molar-refractivity contribution in [2.75, 3.05) is 0 Å². The molecular formula is C21H22IOP. The van der Waals surface area contributed by atoms with Gasteiger partial charge in [0.05, 0.1) is 0 Å². The maximum absolute atomic E-state index is 13.1. The Morgan fingerprint density at radius 1 is 1.21 bits per heavy atom. The topological polar surface area (TPSA) is 17.1 Å². The minimum atomic E-state index is -0.351. The quantitative estimate of drug-likeness (QED) is 0.381. The zero-order chi connectivity index (χ0) is 17.5. The van der Waals surface area contributed by atoms with Gasteiger partial charge in [-0.15, -0.1) is 9.24 Å².